The van der Waals surface area contributed by atoms with E-state index >= 15 is 0 Å². The Labute approximate surface area is 101 Å². The second-order valence-corrected chi connectivity index (χ2v) is 4.74. The Hall–Kier alpha value is -1.71. The molecule has 0 aliphatic heterocycles. The SMILES string of the molecule is CCC1(Nc2cccc(C(N)=O)c2N)CCC1. The molecule has 17 heavy (non-hydrogen) atoms. The molecular weight excluding hydrogens is 214 g/mol. The summed E-state index contributed by atoms with van der Waals surface area (Å²) in [5.41, 5.74) is 13.1. The maximum Gasteiger partial charge on any atom is 0.250 e. The third-order valence-corrected chi connectivity index (χ3v) is 3.76. The lowest BCUT2D eigenvalue weighted by Crippen LogP contribution is -2.44. The zero-order valence-electron chi connectivity index (χ0n) is 10.1. The van der Waals surface area contributed by atoms with Gasteiger partial charge in [-0.15, -0.1) is 0 Å². The smallest absolute Gasteiger partial charge is 0.250 e. The van der Waals surface area contributed by atoms with E-state index in [1.807, 2.05) is 6.07 Å². The van der Waals surface area contributed by atoms with Gasteiger partial charge in [0.05, 0.1) is 16.9 Å². The van der Waals surface area contributed by atoms with E-state index in [4.69, 9.17) is 11.5 Å². The minimum absolute atomic E-state index is 0.157. The molecule has 92 valence electrons. The minimum Gasteiger partial charge on any atom is -0.396 e. The van der Waals surface area contributed by atoms with Crippen LogP contribution >= 0.6 is 0 Å². The topological polar surface area (TPSA) is 81.1 Å². The van der Waals surface area contributed by atoms with Crippen LogP contribution in [0.4, 0.5) is 11.4 Å². The zero-order chi connectivity index (χ0) is 12.5. The molecule has 0 atom stereocenters. The molecule has 1 saturated carbocycles. The van der Waals surface area contributed by atoms with Gasteiger partial charge in [0, 0.05) is 5.54 Å². The van der Waals surface area contributed by atoms with Crippen LogP contribution in [0.15, 0.2) is 18.2 Å². The van der Waals surface area contributed by atoms with Crippen molar-refractivity contribution in [1.29, 1.82) is 0 Å². The van der Waals surface area contributed by atoms with E-state index in [2.05, 4.69) is 12.2 Å². The van der Waals surface area contributed by atoms with Crippen LogP contribution in [-0.2, 0) is 0 Å². The van der Waals surface area contributed by atoms with Gasteiger partial charge >= 0.3 is 0 Å². The first-order chi connectivity index (χ1) is 8.08. The van der Waals surface area contributed by atoms with Crippen LogP contribution in [0.5, 0.6) is 0 Å². The van der Waals surface area contributed by atoms with Crippen molar-refractivity contribution < 1.29 is 4.79 Å². The first-order valence-electron chi connectivity index (χ1n) is 6.04. The van der Waals surface area contributed by atoms with Crippen LogP contribution in [0.25, 0.3) is 0 Å². The number of hydrogen-bond acceptors (Lipinski definition) is 3. The van der Waals surface area contributed by atoms with Crippen molar-refractivity contribution in [2.45, 2.75) is 38.1 Å². The van der Waals surface area contributed by atoms with E-state index in [0.29, 0.717) is 11.3 Å². The lowest BCUT2D eigenvalue weighted by molar-refractivity contribution is 0.100. The molecule has 0 spiro atoms. The fourth-order valence-corrected chi connectivity index (χ4v) is 2.35. The summed E-state index contributed by atoms with van der Waals surface area (Å²) in [4.78, 5) is 11.2. The number of primary amides is 1. The summed E-state index contributed by atoms with van der Waals surface area (Å²) >= 11 is 0. The van der Waals surface area contributed by atoms with E-state index in [0.717, 1.165) is 24.9 Å². The Bertz CT molecular complexity index is 433. The summed E-state index contributed by atoms with van der Waals surface area (Å²) in [5.74, 6) is -0.481. The number of hydrogen-bond donors (Lipinski definition) is 3. The monoisotopic (exact) mass is 233 g/mol. The number of nitrogen functional groups attached to an aromatic ring is 1. The maximum absolute atomic E-state index is 11.2. The molecule has 0 aromatic heterocycles. The first-order valence-corrected chi connectivity index (χ1v) is 6.04. The van der Waals surface area contributed by atoms with Gasteiger partial charge in [-0.2, -0.15) is 0 Å². The average molecular weight is 233 g/mol. The van der Waals surface area contributed by atoms with Crippen molar-refractivity contribution in [1.82, 2.24) is 0 Å². The highest BCUT2D eigenvalue weighted by molar-refractivity contribution is 6.00. The second kappa shape index (κ2) is 4.28. The van der Waals surface area contributed by atoms with Gasteiger partial charge in [0.25, 0.3) is 5.91 Å². The second-order valence-electron chi connectivity index (χ2n) is 4.74. The highest BCUT2D eigenvalue weighted by atomic mass is 16.1. The van der Waals surface area contributed by atoms with Gasteiger partial charge in [0.15, 0.2) is 0 Å². The van der Waals surface area contributed by atoms with E-state index in [1.165, 1.54) is 6.42 Å². The van der Waals surface area contributed by atoms with Gasteiger partial charge in [-0.25, -0.2) is 0 Å². The number of amides is 1. The third-order valence-electron chi connectivity index (χ3n) is 3.76. The maximum atomic E-state index is 11.2. The Morgan fingerprint density at radius 3 is 2.65 bits per heavy atom. The molecule has 0 heterocycles. The minimum atomic E-state index is -0.481. The summed E-state index contributed by atoms with van der Waals surface area (Å²) in [6, 6.07) is 5.36. The van der Waals surface area contributed by atoms with Gasteiger partial charge in [-0.3, -0.25) is 4.79 Å². The van der Waals surface area contributed by atoms with Gasteiger partial charge in [-0.05, 0) is 37.8 Å². The highest BCUT2D eigenvalue weighted by Crippen LogP contribution is 2.39. The molecule has 4 nitrogen and oxygen atoms in total. The van der Waals surface area contributed by atoms with Gasteiger partial charge < -0.3 is 16.8 Å². The standard InChI is InChI=1S/C13H19N3O/c1-2-13(7-4-8-13)16-10-6-3-5-9(11(10)14)12(15)17/h3,5-6,16H,2,4,7-8,14H2,1H3,(H2,15,17). The molecule has 5 N–H and O–H groups in total. The Balaban J connectivity index is 2.27. The number of rotatable bonds is 4. The van der Waals surface area contributed by atoms with E-state index in [-0.39, 0.29) is 5.54 Å². The number of para-hydroxylation sites is 1. The van der Waals surface area contributed by atoms with Gasteiger partial charge in [0.2, 0.25) is 0 Å². The quantitative estimate of drug-likeness (QED) is 0.697. The van der Waals surface area contributed by atoms with Gasteiger partial charge in [-0.1, -0.05) is 13.0 Å². The Morgan fingerprint density at radius 1 is 1.47 bits per heavy atom. The lowest BCUT2D eigenvalue weighted by Gasteiger charge is -2.43. The predicted octanol–water partition coefficient (Wildman–Crippen LogP) is 2.11. The molecule has 1 aromatic rings. The molecule has 1 aliphatic carbocycles. The normalized spacial score (nSPS) is 17.2. The molecule has 0 radical (unpaired) electrons. The fraction of sp³-hybridized carbons (Fsp3) is 0.462. The predicted molar refractivity (Wildman–Crippen MR) is 69.9 cm³/mol. The van der Waals surface area contributed by atoms with Crippen LogP contribution in [0, 0.1) is 0 Å². The summed E-state index contributed by atoms with van der Waals surface area (Å²) in [7, 11) is 0. The van der Waals surface area contributed by atoms with Crippen molar-refractivity contribution >= 4 is 17.3 Å². The van der Waals surface area contributed by atoms with Gasteiger partial charge in [0.1, 0.15) is 0 Å². The molecule has 0 bridgehead atoms. The third kappa shape index (κ3) is 2.07. The number of nitrogens with one attached hydrogen (secondary N) is 1. The average Bonchev–Trinajstić information content (AvgIpc) is 2.25. The largest absolute Gasteiger partial charge is 0.396 e. The van der Waals surface area contributed by atoms with E-state index in [9.17, 15) is 4.79 Å². The van der Waals surface area contributed by atoms with Crippen LogP contribution < -0.4 is 16.8 Å². The lowest BCUT2D eigenvalue weighted by atomic mass is 9.74. The highest BCUT2D eigenvalue weighted by Gasteiger charge is 2.35. The summed E-state index contributed by atoms with van der Waals surface area (Å²) in [6.45, 7) is 2.17. The van der Waals surface area contributed by atoms with Crippen molar-refractivity contribution in [3.8, 4) is 0 Å². The number of anilines is 2. The molecule has 1 aromatic carbocycles. The number of carbonyl (C=O) groups is 1. The van der Waals surface area contributed by atoms with Crippen LogP contribution in [0.3, 0.4) is 0 Å². The summed E-state index contributed by atoms with van der Waals surface area (Å²) in [5, 5.41) is 3.47. The molecule has 0 saturated heterocycles. The molecular formula is C13H19N3O. The molecule has 0 unspecified atom stereocenters. The molecule has 2 rings (SSSR count). The van der Waals surface area contributed by atoms with Crippen molar-refractivity contribution in [2.24, 2.45) is 5.73 Å². The first kappa shape index (κ1) is 11.8. The van der Waals surface area contributed by atoms with Crippen LogP contribution in [0.2, 0.25) is 0 Å². The fourth-order valence-electron chi connectivity index (χ4n) is 2.35. The zero-order valence-corrected chi connectivity index (χ0v) is 10.1. The Kier molecular flexibility index (Phi) is 2.96. The van der Waals surface area contributed by atoms with Crippen molar-refractivity contribution in [3.63, 3.8) is 0 Å². The number of benzene rings is 1. The number of carbonyl (C=O) groups excluding carboxylic acids is 1. The summed E-state index contributed by atoms with van der Waals surface area (Å²) < 4.78 is 0. The molecule has 4 heteroatoms. The molecule has 1 aliphatic rings. The van der Waals surface area contributed by atoms with E-state index in [1.54, 1.807) is 12.1 Å². The van der Waals surface area contributed by atoms with E-state index < -0.39 is 5.91 Å². The van der Waals surface area contributed by atoms with Crippen LogP contribution in [-0.4, -0.2) is 11.4 Å². The molecule has 1 amide bonds. The van der Waals surface area contributed by atoms with Crippen molar-refractivity contribution in [2.75, 3.05) is 11.1 Å². The number of nitrogens with two attached hydrogens (primary N) is 2. The van der Waals surface area contributed by atoms with Crippen LogP contribution in [0.1, 0.15) is 43.0 Å². The van der Waals surface area contributed by atoms with Crippen molar-refractivity contribution in [3.05, 3.63) is 23.8 Å². The Morgan fingerprint density at radius 2 is 2.18 bits per heavy atom. The molecule has 1 fully saturated rings. The summed E-state index contributed by atoms with van der Waals surface area (Å²) in [6.07, 6.45) is 4.62.